The lowest BCUT2D eigenvalue weighted by Gasteiger charge is -2.18. The zero-order valence-corrected chi connectivity index (χ0v) is 16.9. The molecule has 1 aliphatic rings. The third kappa shape index (κ3) is 6.16. The fraction of sp³-hybridized carbons (Fsp3) is 0.500. The predicted molar refractivity (Wildman–Crippen MR) is 99.9 cm³/mol. The van der Waals surface area contributed by atoms with Crippen molar-refractivity contribution in [3.63, 3.8) is 0 Å². The van der Waals surface area contributed by atoms with E-state index in [4.69, 9.17) is 18.7 Å². The topological polar surface area (TPSA) is 130 Å². The van der Waals surface area contributed by atoms with E-state index in [1.807, 2.05) is 0 Å². The molecule has 0 amide bonds. The minimum Gasteiger partial charge on any atom is -0.486 e. The van der Waals surface area contributed by atoms with Crippen molar-refractivity contribution < 1.29 is 31.9 Å². The summed E-state index contributed by atoms with van der Waals surface area (Å²) in [5.41, 5.74) is 0. The van der Waals surface area contributed by atoms with Crippen molar-refractivity contribution >= 4 is 16.0 Å². The molecule has 0 atom stereocenters. The largest absolute Gasteiger partial charge is 0.486 e. The van der Waals surface area contributed by atoms with E-state index >= 15 is 0 Å². The number of esters is 1. The first-order chi connectivity index (χ1) is 13.9. The van der Waals surface area contributed by atoms with Crippen LogP contribution in [0.1, 0.15) is 37.4 Å². The van der Waals surface area contributed by atoms with Crippen LogP contribution in [-0.4, -0.2) is 44.3 Å². The molecule has 29 heavy (non-hydrogen) atoms. The van der Waals surface area contributed by atoms with E-state index in [1.165, 1.54) is 12.1 Å². The smallest absolute Gasteiger partial charge is 0.306 e. The van der Waals surface area contributed by atoms with Crippen molar-refractivity contribution in [2.75, 3.05) is 19.8 Å². The molecule has 1 aromatic carbocycles. The van der Waals surface area contributed by atoms with Gasteiger partial charge >= 0.3 is 5.97 Å². The van der Waals surface area contributed by atoms with Gasteiger partial charge in [0.15, 0.2) is 23.9 Å². The number of nitrogens with zero attached hydrogens (tertiary/aromatic N) is 2. The molecule has 1 aromatic heterocycles. The maximum absolute atomic E-state index is 12.4. The van der Waals surface area contributed by atoms with E-state index in [0.717, 1.165) is 0 Å². The van der Waals surface area contributed by atoms with Crippen LogP contribution in [0.5, 0.6) is 11.5 Å². The Bertz CT molecular complexity index is 943. The standard InChI is InChI=1S/C18H23N3O7S/c1-13-20-17(28-21-13)12-27-18(22)5-3-2-4-8-19-29(23,24)14-6-7-15-16(11-14)26-10-9-25-15/h6-7,11,19H,2-5,8-10,12H2,1H3. The van der Waals surface area contributed by atoms with Gasteiger partial charge in [-0.15, -0.1) is 0 Å². The third-order valence-corrected chi connectivity index (χ3v) is 5.56. The van der Waals surface area contributed by atoms with Gasteiger partial charge < -0.3 is 18.7 Å². The molecule has 2 aromatic rings. The molecule has 3 rings (SSSR count). The van der Waals surface area contributed by atoms with Gasteiger partial charge in [-0.2, -0.15) is 4.98 Å². The van der Waals surface area contributed by atoms with Gasteiger partial charge in [0.1, 0.15) is 13.2 Å². The number of aryl methyl sites for hydroxylation is 1. The second-order valence-electron chi connectivity index (χ2n) is 6.41. The van der Waals surface area contributed by atoms with Crippen LogP contribution in [-0.2, 0) is 26.2 Å². The van der Waals surface area contributed by atoms with Gasteiger partial charge in [0.05, 0.1) is 4.90 Å². The predicted octanol–water partition coefficient (Wildman–Crippen LogP) is 1.73. The van der Waals surface area contributed by atoms with E-state index in [0.29, 0.717) is 49.8 Å². The molecule has 11 heteroatoms. The molecule has 10 nitrogen and oxygen atoms in total. The van der Waals surface area contributed by atoms with E-state index < -0.39 is 10.0 Å². The van der Waals surface area contributed by atoms with Crippen molar-refractivity contribution in [2.45, 2.75) is 44.1 Å². The Kier molecular flexibility index (Phi) is 7.04. The highest BCUT2D eigenvalue weighted by molar-refractivity contribution is 7.89. The normalized spacial score (nSPS) is 13.3. The van der Waals surface area contributed by atoms with Gasteiger partial charge in [0.2, 0.25) is 10.0 Å². The monoisotopic (exact) mass is 425 g/mol. The Labute approximate surface area is 168 Å². The van der Waals surface area contributed by atoms with Gasteiger partial charge in [-0.1, -0.05) is 11.6 Å². The lowest BCUT2D eigenvalue weighted by molar-refractivity contribution is -0.145. The highest BCUT2D eigenvalue weighted by atomic mass is 32.2. The highest BCUT2D eigenvalue weighted by Gasteiger charge is 2.19. The summed E-state index contributed by atoms with van der Waals surface area (Å²) in [5.74, 6) is 1.33. The molecule has 0 spiro atoms. The van der Waals surface area contributed by atoms with E-state index in [9.17, 15) is 13.2 Å². The van der Waals surface area contributed by atoms with Gasteiger partial charge in [-0.05, 0) is 31.9 Å². The molecule has 0 aliphatic carbocycles. The minimum absolute atomic E-state index is 0.0466. The number of hydrogen-bond donors (Lipinski definition) is 1. The van der Waals surface area contributed by atoms with Crippen molar-refractivity contribution in [2.24, 2.45) is 0 Å². The molecule has 0 bridgehead atoms. The van der Waals surface area contributed by atoms with Crippen LogP contribution in [0.15, 0.2) is 27.6 Å². The summed E-state index contributed by atoms with van der Waals surface area (Å²) in [7, 11) is -3.64. The van der Waals surface area contributed by atoms with Crippen molar-refractivity contribution in [1.29, 1.82) is 0 Å². The molecule has 2 heterocycles. The van der Waals surface area contributed by atoms with Crippen molar-refractivity contribution in [3.05, 3.63) is 29.9 Å². The Morgan fingerprint density at radius 2 is 1.97 bits per heavy atom. The van der Waals surface area contributed by atoms with Crippen molar-refractivity contribution in [3.8, 4) is 11.5 Å². The van der Waals surface area contributed by atoms with E-state index in [1.54, 1.807) is 13.0 Å². The first-order valence-electron chi connectivity index (χ1n) is 9.28. The summed E-state index contributed by atoms with van der Waals surface area (Å²) >= 11 is 0. The third-order valence-electron chi connectivity index (χ3n) is 4.10. The van der Waals surface area contributed by atoms with Gasteiger partial charge in [-0.3, -0.25) is 4.79 Å². The number of hydrogen-bond acceptors (Lipinski definition) is 9. The average Bonchev–Trinajstić information content (AvgIpc) is 3.14. The minimum atomic E-state index is -3.64. The van der Waals surface area contributed by atoms with E-state index in [2.05, 4.69) is 14.9 Å². The van der Waals surface area contributed by atoms with Gasteiger partial charge in [0, 0.05) is 19.0 Å². The molecule has 0 radical (unpaired) electrons. The molecular formula is C18H23N3O7S. The summed E-state index contributed by atoms with van der Waals surface area (Å²) in [4.78, 5) is 15.7. The summed E-state index contributed by atoms with van der Waals surface area (Å²) < 4.78 is 48.0. The summed E-state index contributed by atoms with van der Waals surface area (Å²) in [5, 5.41) is 3.61. The molecule has 0 saturated carbocycles. The molecule has 158 valence electrons. The number of benzene rings is 1. The van der Waals surface area contributed by atoms with Crippen LogP contribution in [0, 0.1) is 6.92 Å². The van der Waals surface area contributed by atoms with Crippen LogP contribution in [0.2, 0.25) is 0 Å². The maximum atomic E-state index is 12.4. The van der Waals surface area contributed by atoms with Crippen LogP contribution in [0.3, 0.4) is 0 Å². The number of sulfonamides is 1. The van der Waals surface area contributed by atoms with Crippen LogP contribution in [0.25, 0.3) is 0 Å². The lowest BCUT2D eigenvalue weighted by Crippen LogP contribution is -2.25. The SMILES string of the molecule is Cc1noc(COC(=O)CCCCCNS(=O)(=O)c2ccc3c(c2)OCCO3)n1. The van der Waals surface area contributed by atoms with Crippen LogP contribution in [0.4, 0.5) is 0 Å². The Morgan fingerprint density at radius 1 is 1.17 bits per heavy atom. The number of aromatic nitrogens is 2. The molecule has 0 fully saturated rings. The maximum Gasteiger partial charge on any atom is 0.306 e. The molecule has 0 saturated heterocycles. The molecule has 0 unspecified atom stereocenters. The first kappa shape index (κ1) is 21.1. The number of rotatable bonds is 10. The summed E-state index contributed by atoms with van der Waals surface area (Å²) in [6.45, 7) is 2.74. The number of carbonyl (C=O) groups is 1. The Balaban J connectivity index is 1.33. The number of nitrogens with one attached hydrogen (secondary N) is 1. The number of ether oxygens (including phenoxy) is 3. The highest BCUT2D eigenvalue weighted by Crippen LogP contribution is 2.32. The van der Waals surface area contributed by atoms with Gasteiger partial charge in [-0.25, -0.2) is 13.1 Å². The van der Waals surface area contributed by atoms with Crippen LogP contribution < -0.4 is 14.2 Å². The zero-order valence-electron chi connectivity index (χ0n) is 16.0. The van der Waals surface area contributed by atoms with E-state index in [-0.39, 0.29) is 36.3 Å². The zero-order chi connectivity index (χ0) is 20.7. The quantitative estimate of drug-likeness (QED) is 0.447. The average molecular weight is 425 g/mol. The van der Waals surface area contributed by atoms with Gasteiger partial charge in [0.25, 0.3) is 5.89 Å². The fourth-order valence-electron chi connectivity index (χ4n) is 2.66. The Morgan fingerprint density at radius 3 is 2.72 bits per heavy atom. The number of carbonyl (C=O) groups excluding carboxylic acids is 1. The second kappa shape index (κ2) is 9.70. The first-order valence-corrected chi connectivity index (χ1v) is 10.8. The molecular weight excluding hydrogens is 402 g/mol. The fourth-order valence-corrected chi connectivity index (χ4v) is 3.75. The van der Waals surface area contributed by atoms with Crippen LogP contribution >= 0.6 is 0 Å². The summed E-state index contributed by atoms with van der Waals surface area (Å²) in [6, 6.07) is 4.53. The summed E-state index contributed by atoms with van der Waals surface area (Å²) in [6.07, 6.45) is 2.10. The number of unbranched alkanes of at least 4 members (excludes halogenated alkanes) is 2. The van der Waals surface area contributed by atoms with Crippen molar-refractivity contribution in [1.82, 2.24) is 14.9 Å². The molecule has 1 N–H and O–H groups in total. The molecule has 1 aliphatic heterocycles. The Hall–Kier alpha value is -2.66. The second-order valence-corrected chi connectivity index (χ2v) is 8.18. The number of fused-ring (bicyclic) bond motifs is 1. The lowest BCUT2D eigenvalue weighted by atomic mass is 10.2.